The van der Waals surface area contributed by atoms with Crippen molar-refractivity contribution in [3.8, 4) is 0 Å². The number of halogens is 4. The largest absolute Gasteiger partial charge is 0.401 e. The number of nitrogens with zero attached hydrogens (tertiary/aromatic N) is 1. The number of benzene rings is 1. The van der Waals surface area contributed by atoms with Gasteiger partial charge in [0.25, 0.3) is 0 Å². The molecule has 1 rings (SSSR count). The second-order valence-corrected chi connectivity index (χ2v) is 3.41. The van der Waals surface area contributed by atoms with Crippen LogP contribution in [0, 0.1) is 5.82 Å². The predicted octanol–water partition coefficient (Wildman–Crippen LogP) is 2.82. The lowest BCUT2D eigenvalue weighted by atomic mass is 10.2. The van der Waals surface area contributed by atoms with Gasteiger partial charge in [-0.25, -0.2) is 4.39 Å². The second kappa shape index (κ2) is 4.61. The van der Waals surface area contributed by atoms with Gasteiger partial charge < -0.3 is 0 Å². The van der Waals surface area contributed by atoms with Crippen LogP contribution >= 0.6 is 0 Å². The van der Waals surface area contributed by atoms with Crippen LogP contribution in [0.2, 0.25) is 0 Å². The van der Waals surface area contributed by atoms with E-state index in [1.165, 1.54) is 31.3 Å². The third-order valence-corrected chi connectivity index (χ3v) is 1.81. The summed E-state index contributed by atoms with van der Waals surface area (Å²) in [6, 6.07) is 5.41. The molecule has 1 aromatic rings. The fourth-order valence-corrected chi connectivity index (χ4v) is 1.26. The maximum atomic E-state index is 12.5. The van der Waals surface area contributed by atoms with Gasteiger partial charge in [0.1, 0.15) is 5.82 Å². The van der Waals surface area contributed by atoms with Crippen molar-refractivity contribution in [3.63, 3.8) is 0 Å². The van der Waals surface area contributed by atoms with Crippen molar-refractivity contribution in [2.24, 2.45) is 0 Å². The SMILES string of the molecule is CN(Cc1ccc(F)cc1)CC(F)(F)F. The molecule has 0 aliphatic heterocycles. The smallest absolute Gasteiger partial charge is 0.294 e. The molecule has 0 heterocycles. The van der Waals surface area contributed by atoms with Crippen LogP contribution in [0.1, 0.15) is 5.56 Å². The van der Waals surface area contributed by atoms with Crippen molar-refractivity contribution in [1.29, 1.82) is 0 Å². The fourth-order valence-electron chi connectivity index (χ4n) is 1.26. The number of alkyl halides is 3. The summed E-state index contributed by atoms with van der Waals surface area (Å²) < 4.78 is 48.4. The van der Waals surface area contributed by atoms with Crippen molar-refractivity contribution in [1.82, 2.24) is 4.90 Å². The Morgan fingerprint density at radius 2 is 1.67 bits per heavy atom. The maximum Gasteiger partial charge on any atom is 0.401 e. The fraction of sp³-hybridized carbons (Fsp3) is 0.400. The van der Waals surface area contributed by atoms with Crippen molar-refractivity contribution in [3.05, 3.63) is 35.6 Å². The Kier molecular flexibility index (Phi) is 3.68. The average Bonchev–Trinajstić information content (AvgIpc) is 2.05. The van der Waals surface area contributed by atoms with Crippen LogP contribution in [-0.2, 0) is 6.54 Å². The zero-order valence-corrected chi connectivity index (χ0v) is 8.18. The van der Waals surface area contributed by atoms with Gasteiger partial charge in [-0.2, -0.15) is 13.2 Å². The number of hydrogen-bond acceptors (Lipinski definition) is 1. The Labute approximate surface area is 85.3 Å². The molecule has 0 radical (unpaired) electrons. The van der Waals surface area contributed by atoms with Gasteiger partial charge in [-0.05, 0) is 24.7 Å². The van der Waals surface area contributed by atoms with Crippen molar-refractivity contribution in [2.75, 3.05) is 13.6 Å². The molecular weight excluding hydrogens is 210 g/mol. The normalized spacial score (nSPS) is 12.1. The molecule has 15 heavy (non-hydrogen) atoms. The molecule has 0 saturated heterocycles. The summed E-state index contributed by atoms with van der Waals surface area (Å²) in [6.07, 6.45) is -4.20. The van der Waals surface area contributed by atoms with Gasteiger partial charge in [-0.3, -0.25) is 4.90 Å². The molecule has 0 aromatic heterocycles. The zero-order valence-electron chi connectivity index (χ0n) is 8.18. The summed E-state index contributed by atoms with van der Waals surface area (Å²) in [5.41, 5.74) is 0.656. The van der Waals surface area contributed by atoms with Crippen LogP contribution < -0.4 is 0 Å². The van der Waals surface area contributed by atoms with E-state index < -0.39 is 18.5 Å². The van der Waals surface area contributed by atoms with Gasteiger partial charge in [-0.15, -0.1) is 0 Å². The Morgan fingerprint density at radius 3 is 2.13 bits per heavy atom. The van der Waals surface area contributed by atoms with E-state index >= 15 is 0 Å². The molecule has 1 aromatic carbocycles. The molecule has 0 unspecified atom stereocenters. The second-order valence-electron chi connectivity index (χ2n) is 3.41. The van der Waals surface area contributed by atoms with Gasteiger partial charge in [0.2, 0.25) is 0 Å². The van der Waals surface area contributed by atoms with Crippen LogP contribution in [-0.4, -0.2) is 24.7 Å². The summed E-state index contributed by atoms with van der Waals surface area (Å²) in [5, 5.41) is 0. The van der Waals surface area contributed by atoms with Crippen LogP contribution in [0.5, 0.6) is 0 Å². The molecule has 0 atom stereocenters. The first kappa shape index (κ1) is 12.0. The van der Waals surface area contributed by atoms with E-state index in [1.54, 1.807) is 0 Å². The summed E-state index contributed by atoms with van der Waals surface area (Å²) in [7, 11) is 1.37. The molecule has 0 N–H and O–H groups in total. The number of rotatable bonds is 3. The summed E-state index contributed by atoms with van der Waals surface area (Å²) >= 11 is 0. The van der Waals surface area contributed by atoms with E-state index in [2.05, 4.69) is 0 Å². The Morgan fingerprint density at radius 1 is 1.13 bits per heavy atom. The van der Waals surface area contributed by atoms with E-state index in [0.717, 1.165) is 4.90 Å². The molecule has 0 aliphatic rings. The highest BCUT2D eigenvalue weighted by Crippen LogP contribution is 2.16. The highest BCUT2D eigenvalue weighted by Gasteiger charge is 2.28. The summed E-state index contributed by atoms with van der Waals surface area (Å²) in [6.45, 7) is -0.815. The van der Waals surface area contributed by atoms with E-state index in [0.29, 0.717) is 5.56 Å². The minimum atomic E-state index is -4.20. The Bertz CT molecular complexity index is 304. The molecule has 5 heteroatoms. The Balaban J connectivity index is 2.51. The van der Waals surface area contributed by atoms with Crippen molar-refractivity contribution in [2.45, 2.75) is 12.7 Å². The topological polar surface area (TPSA) is 3.24 Å². The van der Waals surface area contributed by atoms with E-state index in [9.17, 15) is 17.6 Å². The lowest BCUT2D eigenvalue weighted by Crippen LogP contribution is -2.30. The van der Waals surface area contributed by atoms with Crippen LogP contribution in [0.4, 0.5) is 17.6 Å². The minimum absolute atomic E-state index is 0.153. The zero-order chi connectivity index (χ0) is 11.5. The van der Waals surface area contributed by atoms with Crippen molar-refractivity contribution < 1.29 is 17.6 Å². The van der Waals surface area contributed by atoms with Crippen molar-refractivity contribution >= 4 is 0 Å². The van der Waals surface area contributed by atoms with E-state index in [1.807, 2.05) is 0 Å². The van der Waals surface area contributed by atoms with Gasteiger partial charge in [0, 0.05) is 6.54 Å². The summed E-state index contributed by atoms with van der Waals surface area (Å²) in [4.78, 5) is 1.13. The molecule has 0 saturated carbocycles. The summed E-state index contributed by atoms with van der Waals surface area (Å²) in [5.74, 6) is -0.391. The van der Waals surface area contributed by atoms with Gasteiger partial charge in [-0.1, -0.05) is 12.1 Å². The lowest BCUT2D eigenvalue weighted by molar-refractivity contribution is -0.144. The molecule has 0 bridgehead atoms. The van der Waals surface area contributed by atoms with Crippen LogP contribution in [0.3, 0.4) is 0 Å². The lowest BCUT2D eigenvalue weighted by Gasteiger charge is -2.18. The number of hydrogen-bond donors (Lipinski definition) is 0. The van der Waals surface area contributed by atoms with E-state index in [4.69, 9.17) is 0 Å². The van der Waals surface area contributed by atoms with Crippen LogP contribution in [0.25, 0.3) is 0 Å². The first-order valence-electron chi connectivity index (χ1n) is 4.36. The third kappa shape index (κ3) is 4.78. The molecule has 1 nitrogen and oxygen atoms in total. The first-order valence-corrected chi connectivity index (χ1v) is 4.36. The quantitative estimate of drug-likeness (QED) is 0.709. The van der Waals surface area contributed by atoms with Gasteiger partial charge in [0.05, 0.1) is 6.54 Å². The average molecular weight is 221 g/mol. The first-order chi connectivity index (χ1) is 6.87. The van der Waals surface area contributed by atoms with Gasteiger partial charge >= 0.3 is 6.18 Å². The standard InChI is InChI=1S/C10H11F4N/c1-15(7-10(12,13)14)6-8-2-4-9(11)5-3-8/h2-5H,6-7H2,1H3. The highest BCUT2D eigenvalue weighted by molar-refractivity contribution is 5.15. The van der Waals surface area contributed by atoms with E-state index in [-0.39, 0.29) is 6.54 Å². The molecule has 0 spiro atoms. The highest BCUT2D eigenvalue weighted by atomic mass is 19.4. The molecule has 0 amide bonds. The van der Waals surface area contributed by atoms with Crippen LogP contribution in [0.15, 0.2) is 24.3 Å². The minimum Gasteiger partial charge on any atom is -0.294 e. The molecule has 0 aliphatic carbocycles. The maximum absolute atomic E-state index is 12.5. The third-order valence-electron chi connectivity index (χ3n) is 1.81. The Hall–Kier alpha value is -1.10. The predicted molar refractivity (Wildman–Crippen MR) is 48.8 cm³/mol. The monoisotopic (exact) mass is 221 g/mol. The molecular formula is C10H11F4N. The molecule has 0 fully saturated rings. The van der Waals surface area contributed by atoms with Gasteiger partial charge in [0.15, 0.2) is 0 Å². The molecule has 84 valence electrons.